The zero-order chi connectivity index (χ0) is 12.4. The molecule has 2 N–H and O–H groups in total. The van der Waals surface area contributed by atoms with E-state index < -0.39 is 0 Å². The highest BCUT2D eigenvalue weighted by Gasteiger charge is 2.30. The van der Waals surface area contributed by atoms with Gasteiger partial charge in [-0.3, -0.25) is 0 Å². The van der Waals surface area contributed by atoms with Crippen LogP contribution in [0.2, 0.25) is 0 Å². The van der Waals surface area contributed by atoms with Crippen LogP contribution in [0.1, 0.15) is 50.3 Å². The van der Waals surface area contributed by atoms with Crippen molar-refractivity contribution in [2.45, 2.75) is 49.4 Å². The van der Waals surface area contributed by atoms with Crippen LogP contribution in [0, 0.1) is 11.3 Å². The number of rotatable bonds is 4. The summed E-state index contributed by atoms with van der Waals surface area (Å²) >= 11 is 1.62. The van der Waals surface area contributed by atoms with E-state index in [9.17, 15) is 0 Å². The quantitative estimate of drug-likeness (QED) is 0.655. The van der Waals surface area contributed by atoms with Gasteiger partial charge in [-0.2, -0.15) is 5.26 Å². The second kappa shape index (κ2) is 4.92. The van der Waals surface area contributed by atoms with Crippen LogP contribution in [0.5, 0.6) is 0 Å². The number of anilines is 1. The minimum absolute atomic E-state index is 0.329. The molecule has 1 aliphatic carbocycles. The number of nitrogens with zero attached hydrogens (tertiary/aromatic N) is 3. The Hall–Kier alpha value is -1.28. The van der Waals surface area contributed by atoms with E-state index in [-0.39, 0.29) is 0 Å². The molecule has 2 rings (SSSR count). The smallest absolute Gasteiger partial charge is 0.190 e. The Morgan fingerprint density at radius 3 is 2.76 bits per heavy atom. The van der Waals surface area contributed by atoms with Gasteiger partial charge in [0.25, 0.3) is 0 Å². The zero-order valence-corrected chi connectivity index (χ0v) is 10.9. The maximum atomic E-state index is 9.08. The Labute approximate surface area is 106 Å². The van der Waals surface area contributed by atoms with Gasteiger partial charge in [-0.05, 0) is 19.3 Å². The lowest BCUT2D eigenvalue weighted by Crippen LogP contribution is -2.06. The lowest BCUT2D eigenvalue weighted by molar-refractivity contribution is 0.857. The molecular formula is C12H16N4S. The average molecular weight is 248 g/mol. The molecular weight excluding hydrogens is 232 g/mol. The van der Waals surface area contributed by atoms with Gasteiger partial charge >= 0.3 is 0 Å². The molecule has 4 nitrogen and oxygen atoms in total. The summed E-state index contributed by atoms with van der Waals surface area (Å²) in [5.74, 6) is 0.751. The average Bonchev–Trinajstić information content (AvgIpc) is 3.12. The SMILES string of the molecule is CCC(C)Sc1nc(N)c(C#N)c(C2CC2)n1. The highest BCUT2D eigenvalue weighted by atomic mass is 32.2. The Morgan fingerprint density at radius 1 is 1.53 bits per heavy atom. The van der Waals surface area contributed by atoms with Crippen molar-refractivity contribution in [2.75, 3.05) is 5.73 Å². The second-order valence-corrected chi connectivity index (χ2v) is 5.78. The number of nitriles is 1. The maximum absolute atomic E-state index is 9.08. The molecule has 0 radical (unpaired) electrons. The van der Waals surface area contributed by atoms with Crippen LogP contribution in [-0.4, -0.2) is 15.2 Å². The molecule has 0 spiro atoms. The molecule has 1 atom stereocenters. The van der Waals surface area contributed by atoms with Crippen molar-refractivity contribution in [2.24, 2.45) is 0 Å². The first-order valence-corrected chi connectivity index (χ1v) is 6.77. The van der Waals surface area contributed by atoms with E-state index in [0.717, 1.165) is 25.0 Å². The van der Waals surface area contributed by atoms with E-state index >= 15 is 0 Å². The van der Waals surface area contributed by atoms with Crippen molar-refractivity contribution in [1.29, 1.82) is 5.26 Å². The highest BCUT2D eigenvalue weighted by molar-refractivity contribution is 7.99. The molecule has 0 aliphatic heterocycles. The fraction of sp³-hybridized carbons (Fsp3) is 0.583. The second-order valence-electron chi connectivity index (χ2n) is 4.37. The Bertz CT molecular complexity index is 462. The first kappa shape index (κ1) is 12.2. The number of aromatic nitrogens is 2. The third kappa shape index (κ3) is 2.70. The lowest BCUT2D eigenvalue weighted by Gasteiger charge is -2.10. The Morgan fingerprint density at radius 2 is 2.24 bits per heavy atom. The number of hydrogen-bond acceptors (Lipinski definition) is 5. The van der Waals surface area contributed by atoms with Crippen LogP contribution < -0.4 is 5.73 Å². The van der Waals surface area contributed by atoms with Crippen LogP contribution >= 0.6 is 11.8 Å². The van der Waals surface area contributed by atoms with Gasteiger partial charge in [0.2, 0.25) is 0 Å². The Kier molecular flexibility index (Phi) is 3.53. The summed E-state index contributed by atoms with van der Waals surface area (Å²) < 4.78 is 0. The molecule has 1 fully saturated rings. The first-order valence-electron chi connectivity index (χ1n) is 5.89. The van der Waals surface area contributed by atoms with Crippen molar-refractivity contribution in [3.63, 3.8) is 0 Å². The Balaban J connectivity index is 2.33. The van der Waals surface area contributed by atoms with Gasteiger partial charge in [-0.25, -0.2) is 9.97 Å². The van der Waals surface area contributed by atoms with Gasteiger partial charge in [0.15, 0.2) is 5.16 Å². The van der Waals surface area contributed by atoms with E-state index in [4.69, 9.17) is 11.0 Å². The highest BCUT2D eigenvalue weighted by Crippen LogP contribution is 2.42. The number of nitrogen functional groups attached to an aromatic ring is 1. The molecule has 1 saturated carbocycles. The number of thioether (sulfide) groups is 1. The van der Waals surface area contributed by atoms with Gasteiger partial charge in [0.1, 0.15) is 17.5 Å². The van der Waals surface area contributed by atoms with Crippen molar-refractivity contribution in [3.05, 3.63) is 11.3 Å². The molecule has 17 heavy (non-hydrogen) atoms. The summed E-state index contributed by atoms with van der Waals surface area (Å²) in [4.78, 5) is 8.71. The first-order chi connectivity index (χ1) is 8.15. The molecule has 1 aromatic heterocycles. The minimum atomic E-state index is 0.329. The number of nitrogens with two attached hydrogens (primary N) is 1. The van der Waals surface area contributed by atoms with Crippen LogP contribution in [0.15, 0.2) is 5.16 Å². The van der Waals surface area contributed by atoms with Crippen molar-refractivity contribution < 1.29 is 0 Å². The lowest BCUT2D eigenvalue weighted by atomic mass is 10.1. The normalized spacial score (nSPS) is 16.5. The summed E-state index contributed by atoms with van der Waals surface area (Å²) in [5.41, 5.74) is 7.15. The van der Waals surface area contributed by atoms with E-state index in [1.165, 1.54) is 0 Å². The molecule has 5 heteroatoms. The van der Waals surface area contributed by atoms with Crippen molar-refractivity contribution >= 4 is 17.6 Å². The van der Waals surface area contributed by atoms with E-state index in [0.29, 0.717) is 27.7 Å². The molecule has 0 bridgehead atoms. The molecule has 0 saturated heterocycles. The molecule has 0 aromatic carbocycles. The summed E-state index contributed by atoms with van der Waals surface area (Å²) in [6.45, 7) is 4.27. The summed E-state index contributed by atoms with van der Waals surface area (Å²) in [6.07, 6.45) is 3.28. The fourth-order valence-electron chi connectivity index (χ4n) is 1.56. The molecule has 1 heterocycles. The van der Waals surface area contributed by atoms with Gasteiger partial charge in [-0.15, -0.1) is 0 Å². The monoisotopic (exact) mass is 248 g/mol. The van der Waals surface area contributed by atoms with E-state index in [1.807, 2.05) is 0 Å². The van der Waals surface area contributed by atoms with Crippen LogP contribution in [0.3, 0.4) is 0 Å². The van der Waals surface area contributed by atoms with Crippen LogP contribution in [0.25, 0.3) is 0 Å². The van der Waals surface area contributed by atoms with Gasteiger partial charge in [0.05, 0.1) is 5.69 Å². The maximum Gasteiger partial charge on any atom is 0.190 e. The van der Waals surface area contributed by atoms with Gasteiger partial charge in [0, 0.05) is 11.2 Å². The molecule has 90 valence electrons. The summed E-state index contributed by atoms with van der Waals surface area (Å²) in [7, 11) is 0. The predicted octanol–water partition coefficient (Wildman–Crippen LogP) is 2.70. The van der Waals surface area contributed by atoms with Gasteiger partial charge < -0.3 is 5.73 Å². The van der Waals surface area contributed by atoms with E-state index in [2.05, 4.69) is 29.9 Å². The third-order valence-electron chi connectivity index (χ3n) is 2.90. The summed E-state index contributed by atoms with van der Waals surface area (Å²) in [6, 6.07) is 2.12. The largest absolute Gasteiger partial charge is 0.382 e. The number of hydrogen-bond donors (Lipinski definition) is 1. The zero-order valence-electron chi connectivity index (χ0n) is 10.1. The molecule has 1 aromatic rings. The minimum Gasteiger partial charge on any atom is -0.382 e. The molecule has 1 unspecified atom stereocenters. The van der Waals surface area contributed by atoms with Crippen molar-refractivity contribution in [3.8, 4) is 6.07 Å². The fourth-order valence-corrected chi connectivity index (χ4v) is 2.39. The molecule has 1 aliphatic rings. The van der Waals surface area contributed by atoms with Crippen LogP contribution in [0.4, 0.5) is 5.82 Å². The summed E-state index contributed by atoms with van der Waals surface area (Å²) in [5, 5.41) is 10.3. The van der Waals surface area contributed by atoms with Gasteiger partial charge in [-0.1, -0.05) is 25.6 Å². The standard InChI is InChI=1S/C12H16N4S/c1-3-7(2)17-12-15-10(8-4-5-8)9(6-13)11(14)16-12/h7-8H,3-5H2,1-2H3,(H2,14,15,16). The van der Waals surface area contributed by atoms with Crippen LogP contribution in [-0.2, 0) is 0 Å². The predicted molar refractivity (Wildman–Crippen MR) is 68.7 cm³/mol. The topological polar surface area (TPSA) is 75.6 Å². The van der Waals surface area contributed by atoms with Crippen molar-refractivity contribution in [1.82, 2.24) is 9.97 Å². The third-order valence-corrected chi connectivity index (χ3v) is 4.03. The molecule has 0 amide bonds. The van der Waals surface area contributed by atoms with E-state index in [1.54, 1.807) is 11.8 Å².